The summed E-state index contributed by atoms with van der Waals surface area (Å²) in [6, 6.07) is 22.4. The van der Waals surface area contributed by atoms with Gasteiger partial charge in [0.2, 0.25) is 11.8 Å². The van der Waals surface area contributed by atoms with E-state index in [1.165, 1.54) is 6.33 Å². The van der Waals surface area contributed by atoms with Crippen molar-refractivity contribution in [2.75, 3.05) is 36.8 Å². The number of benzene rings is 3. The van der Waals surface area contributed by atoms with Crippen LogP contribution in [0, 0.1) is 11.8 Å². The zero-order valence-corrected chi connectivity index (χ0v) is 28.6. The van der Waals surface area contributed by atoms with Crippen molar-refractivity contribution in [3.05, 3.63) is 90.3 Å². The van der Waals surface area contributed by atoms with Crippen molar-refractivity contribution in [2.45, 2.75) is 37.4 Å². The summed E-state index contributed by atoms with van der Waals surface area (Å²) in [7, 11) is 0. The molecule has 0 spiro atoms. The predicted molar refractivity (Wildman–Crippen MR) is 193 cm³/mol. The zero-order valence-electron chi connectivity index (χ0n) is 28.6. The average Bonchev–Trinajstić information content (AvgIpc) is 3.75. The van der Waals surface area contributed by atoms with Gasteiger partial charge in [0.25, 0.3) is 11.8 Å². The number of carbonyl (C=O) groups is 4. The Morgan fingerprint density at radius 3 is 2.40 bits per heavy atom. The lowest BCUT2D eigenvalue weighted by Crippen LogP contribution is -2.59. The summed E-state index contributed by atoms with van der Waals surface area (Å²) in [5.41, 5.74) is 10.3. The smallest absolute Gasteiger partial charge is 0.262 e. The van der Waals surface area contributed by atoms with Gasteiger partial charge in [0.05, 0.1) is 22.6 Å². The summed E-state index contributed by atoms with van der Waals surface area (Å²) in [4.78, 5) is 65.4. The van der Waals surface area contributed by atoms with E-state index in [9.17, 15) is 19.2 Å². The van der Waals surface area contributed by atoms with E-state index in [-0.39, 0.29) is 24.4 Å². The molecule has 3 N–H and O–H groups in total. The molecule has 0 bridgehead atoms. The number of amides is 4. The van der Waals surface area contributed by atoms with Gasteiger partial charge in [0.1, 0.15) is 35.4 Å². The Labute approximate surface area is 303 Å². The van der Waals surface area contributed by atoms with Crippen LogP contribution in [0.2, 0.25) is 0 Å². The van der Waals surface area contributed by atoms with Gasteiger partial charge in [-0.25, -0.2) is 14.6 Å². The molecule has 0 radical (unpaired) electrons. The molecule has 4 aliphatic heterocycles. The summed E-state index contributed by atoms with van der Waals surface area (Å²) in [5.74, 6) is 0.907. The second kappa shape index (κ2) is 12.0. The van der Waals surface area contributed by atoms with E-state index in [4.69, 9.17) is 15.6 Å². The quantitative estimate of drug-likeness (QED) is 0.237. The third kappa shape index (κ3) is 5.07. The highest BCUT2D eigenvalue weighted by Crippen LogP contribution is 2.51. The molecule has 266 valence electrons. The van der Waals surface area contributed by atoms with Crippen molar-refractivity contribution in [1.82, 2.24) is 34.9 Å². The summed E-state index contributed by atoms with van der Waals surface area (Å²) < 4.78 is 8.06. The largest absolute Gasteiger partial charge is 0.457 e. The van der Waals surface area contributed by atoms with Crippen LogP contribution in [0.4, 0.5) is 11.5 Å². The number of rotatable bonds is 7. The number of piperidine rings is 1. The van der Waals surface area contributed by atoms with E-state index in [1.54, 1.807) is 12.1 Å². The number of nitrogens with zero attached hydrogens (tertiary/aromatic N) is 7. The standard InChI is InChI=1S/C39H35N9O5/c40-35-33-34(21-6-9-26(10-7-21)53-25-4-2-1-3-5-25)44-48(36(33)42-20-41-35)31-14-22-16-45(19-29(22)31)24-17-46(18-24)23-8-11-27-28(15-23)39(52)47(38(27)51)30-12-13-32(49)43-37(30)50/h1-11,15,20,22,24,29-31H,12-14,16-19H2,(H2,40,41,42)(H,43,49,50). The van der Waals surface area contributed by atoms with E-state index in [0.717, 1.165) is 77.0 Å². The van der Waals surface area contributed by atoms with Gasteiger partial charge in [-0.2, -0.15) is 5.10 Å². The number of nitrogens with one attached hydrogen (secondary N) is 1. The molecule has 5 aliphatic rings. The Morgan fingerprint density at radius 1 is 0.830 bits per heavy atom. The van der Waals surface area contributed by atoms with E-state index in [0.29, 0.717) is 29.3 Å². The fourth-order valence-corrected chi connectivity index (χ4v) is 8.77. The molecule has 1 aliphatic carbocycles. The number of hydrogen-bond donors (Lipinski definition) is 2. The van der Waals surface area contributed by atoms with E-state index >= 15 is 0 Å². The molecule has 4 atom stereocenters. The van der Waals surface area contributed by atoms with Crippen molar-refractivity contribution in [2.24, 2.45) is 11.8 Å². The van der Waals surface area contributed by atoms with Gasteiger partial charge >= 0.3 is 0 Å². The molecule has 3 aromatic carbocycles. The van der Waals surface area contributed by atoms with Crippen molar-refractivity contribution in [3.8, 4) is 22.8 Å². The number of nitrogen functional groups attached to an aromatic ring is 1. The molecular weight excluding hydrogens is 674 g/mol. The summed E-state index contributed by atoms with van der Waals surface area (Å²) in [6.45, 7) is 3.59. The Morgan fingerprint density at radius 2 is 1.60 bits per heavy atom. The molecule has 6 heterocycles. The molecule has 10 rings (SSSR count). The molecule has 53 heavy (non-hydrogen) atoms. The topological polar surface area (TPSA) is 169 Å². The number of likely N-dealkylation sites (tertiary alicyclic amines) is 1. The Bertz CT molecular complexity index is 2340. The lowest BCUT2D eigenvalue weighted by atomic mass is 9.71. The normalized spacial score (nSPS) is 24.2. The fourth-order valence-electron chi connectivity index (χ4n) is 8.77. The highest BCUT2D eigenvalue weighted by atomic mass is 16.5. The average molecular weight is 710 g/mol. The summed E-state index contributed by atoms with van der Waals surface area (Å²) in [5, 5.41) is 8.13. The highest BCUT2D eigenvalue weighted by Gasteiger charge is 2.52. The number of hydrogen-bond acceptors (Lipinski definition) is 11. The van der Waals surface area contributed by atoms with E-state index < -0.39 is 29.7 Å². The van der Waals surface area contributed by atoms with Gasteiger partial charge in [-0.15, -0.1) is 0 Å². The number of nitrogens with two attached hydrogens (primary N) is 1. The van der Waals surface area contributed by atoms with Gasteiger partial charge in [-0.1, -0.05) is 18.2 Å². The fraction of sp³-hybridized carbons (Fsp3) is 0.308. The van der Waals surface area contributed by atoms with Crippen molar-refractivity contribution < 1.29 is 23.9 Å². The number of ether oxygens (including phenoxy) is 1. The molecule has 4 unspecified atom stereocenters. The third-order valence-corrected chi connectivity index (χ3v) is 11.7. The van der Waals surface area contributed by atoms with Crippen LogP contribution >= 0.6 is 0 Å². The van der Waals surface area contributed by atoms with Crippen LogP contribution < -0.4 is 20.7 Å². The summed E-state index contributed by atoms with van der Waals surface area (Å²) in [6.07, 6.45) is 2.73. The van der Waals surface area contributed by atoms with E-state index in [1.807, 2.05) is 60.7 Å². The zero-order chi connectivity index (χ0) is 36.0. The molecular formula is C39H35N9O5. The first-order valence-electron chi connectivity index (χ1n) is 18.0. The SMILES string of the molecule is Nc1ncnc2c1c(-c1ccc(Oc3ccccc3)cc1)nn2C1CC2CN(C3CN(c4ccc5c(c4)C(=O)N(C4CCC(=O)NC4=O)C5=O)C3)CC21. The molecule has 2 aromatic heterocycles. The van der Waals surface area contributed by atoms with Crippen LogP contribution in [0.15, 0.2) is 79.1 Å². The lowest BCUT2D eigenvalue weighted by molar-refractivity contribution is -0.136. The predicted octanol–water partition coefficient (Wildman–Crippen LogP) is 3.65. The maximum absolute atomic E-state index is 13.4. The Balaban J connectivity index is 0.817. The first-order valence-corrected chi connectivity index (χ1v) is 18.0. The Hall–Kier alpha value is -6.15. The Kier molecular flexibility index (Phi) is 7.12. The number of imide groups is 2. The number of para-hydroxylation sites is 1. The molecule has 4 amide bonds. The van der Waals surface area contributed by atoms with Crippen LogP contribution in [0.3, 0.4) is 0 Å². The molecule has 5 aromatic rings. The first kappa shape index (κ1) is 31.6. The van der Waals surface area contributed by atoms with Gasteiger partial charge in [0.15, 0.2) is 5.65 Å². The van der Waals surface area contributed by atoms with Crippen molar-refractivity contribution in [1.29, 1.82) is 0 Å². The minimum Gasteiger partial charge on any atom is -0.457 e. The monoisotopic (exact) mass is 709 g/mol. The third-order valence-electron chi connectivity index (χ3n) is 11.7. The van der Waals surface area contributed by atoms with Crippen LogP contribution in [0.5, 0.6) is 11.5 Å². The van der Waals surface area contributed by atoms with Gasteiger partial charge < -0.3 is 15.4 Å². The minimum atomic E-state index is -0.978. The van der Waals surface area contributed by atoms with Crippen LogP contribution in [0.25, 0.3) is 22.3 Å². The number of aromatic nitrogens is 4. The van der Waals surface area contributed by atoms with Gasteiger partial charge in [-0.3, -0.25) is 34.3 Å². The lowest BCUT2D eigenvalue weighted by Gasteiger charge is -2.45. The highest BCUT2D eigenvalue weighted by molar-refractivity contribution is 6.23. The second-order valence-corrected chi connectivity index (χ2v) is 14.6. The van der Waals surface area contributed by atoms with Crippen LogP contribution in [-0.2, 0) is 9.59 Å². The molecule has 1 saturated carbocycles. The first-order chi connectivity index (χ1) is 25.8. The number of anilines is 2. The molecule has 3 saturated heterocycles. The van der Waals surface area contributed by atoms with Crippen molar-refractivity contribution >= 4 is 46.2 Å². The molecule has 14 heteroatoms. The number of fused-ring (bicyclic) bond motifs is 3. The van der Waals surface area contributed by atoms with Crippen LogP contribution in [0.1, 0.15) is 46.0 Å². The minimum absolute atomic E-state index is 0.0895. The second-order valence-electron chi connectivity index (χ2n) is 14.6. The van der Waals surface area contributed by atoms with Crippen LogP contribution in [-0.4, -0.2) is 91.4 Å². The molecule has 4 fully saturated rings. The van der Waals surface area contributed by atoms with Gasteiger partial charge in [-0.05, 0) is 79.3 Å². The number of carbonyl (C=O) groups excluding carboxylic acids is 4. The van der Waals surface area contributed by atoms with Gasteiger partial charge in [0, 0.05) is 49.9 Å². The molecule has 14 nitrogen and oxygen atoms in total. The maximum atomic E-state index is 13.4. The van der Waals surface area contributed by atoms with E-state index in [2.05, 4.69) is 29.8 Å². The van der Waals surface area contributed by atoms with Crippen molar-refractivity contribution in [3.63, 3.8) is 0 Å². The summed E-state index contributed by atoms with van der Waals surface area (Å²) >= 11 is 0. The maximum Gasteiger partial charge on any atom is 0.262 e.